The molecule has 24 heavy (non-hydrogen) atoms. The molecule has 0 spiro atoms. The highest BCUT2D eigenvalue weighted by Crippen LogP contribution is 2.29. The molecular weight excluding hydrogens is 294 g/mol. The largest absolute Gasteiger partial charge is 0.870 e. The van der Waals surface area contributed by atoms with E-state index in [4.69, 9.17) is 0 Å². The number of nitrogens with zero attached hydrogens (tertiary/aromatic N) is 1. The number of unbranched alkanes of at least 4 members (excludes halogenated alkanes) is 9. The summed E-state index contributed by atoms with van der Waals surface area (Å²) in [5.41, 5.74) is 1.50. The highest BCUT2D eigenvalue weighted by atomic mass is 16.0. The van der Waals surface area contributed by atoms with Gasteiger partial charge in [-0.15, -0.1) is 0 Å². The Morgan fingerprint density at radius 2 is 1.17 bits per heavy atom. The van der Waals surface area contributed by atoms with Gasteiger partial charge in [-0.25, -0.2) is 0 Å². The SMILES string of the molecule is CCCCCCCCCCCCC(c1ccccc1)[N+](C)(C)C.[OH-]. The fourth-order valence-electron chi connectivity index (χ4n) is 3.50. The van der Waals surface area contributed by atoms with E-state index in [0.29, 0.717) is 6.04 Å². The molecule has 0 saturated carbocycles. The Morgan fingerprint density at radius 1 is 0.708 bits per heavy atom. The van der Waals surface area contributed by atoms with Crippen LogP contribution >= 0.6 is 0 Å². The van der Waals surface area contributed by atoms with Crippen LogP contribution in [0.4, 0.5) is 0 Å². The van der Waals surface area contributed by atoms with Crippen LogP contribution in [-0.2, 0) is 0 Å². The molecule has 0 radical (unpaired) electrons. The molecular formula is C22H41NO. The third-order valence-corrected chi connectivity index (χ3v) is 4.95. The summed E-state index contributed by atoms with van der Waals surface area (Å²) in [6, 6.07) is 11.7. The molecule has 1 unspecified atom stereocenters. The third-order valence-electron chi connectivity index (χ3n) is 4.95. The van der Waals surface area contributed by atoms with E-state index in [1.165, 1.54) is 76.2 Å². The minimum absolute atomic E-state index is 0. The molecule has 0 fully saturated rings. The molecule has 0 heterocycles. The van der Waals surface area contributed by atoms with E-state index in [1.807, 2.05) is 0 Å². The Bertz CT molecular complexity index is 383. The van der Waals surface area contributed by atoms with Gasteiger partial charge in [-0.05, 0) is 6.42 Å². The van der Waals surface area contributed by atoms with Crippen LogP contribution in [0.15, 0.2) is 30.3 Å². The summed E-state index contributed by atoms with van der Waals surface area (Å²) in [7, 11) is 6.98. The first-order chi connectivity index (χ1) is 11.1. The van der Waals surface area contributed by atoms with Gasteiger partial charge in [0.15, 0.2) is 0 Å². The number of hydrogen-bond donors (Lipinski definition) is 0. The van der Waals surface area contributed by atoms with E-state index in [2.05, 4.69) is 58.4 Å². The first-order valence-corrected chi connectivity index (χ1v) is 9.91. The van der Waals surface area contributed by atoms with Gasteiger partial charge in [0.25, 0.3) is 0 Å². The second-order valence-corrected chi connectivity index (χ2v) is 8.01. The molecule has 1 aromatic carbocycles. The Morgan fingerprint density at radius 3 is 1.62 bits per heavy atom. The molecule has 1 rings (SSSR count). The molecule has 0 bridgehead atoms. The highest BCUT2D eigenvalue weighted by Gasteiger charge is 2.24. The molecule has 2 nitrogen and oxygen atoms in total. The zero-order valence-corrected chi connectivity index (χ0v) is 16.6. The summed E-state index contributed by atoms with van der Waals surface area (Å²) in [5.74, 6) is 0. The van der Waals surface area contributed by atoms with Gasteiger partial charge in [-0.1, -0.05) is 95.0 Å². The molecule has 0 saturated heterocycles. The predicted octanol–water partition coefficient (Wildman–Crippen LogP) is 6.57. The van der Waals surface area contributed by atoms with Crippen molar-refractivity contribution in [1.82, 2.24) is 0 Å². The van der Waals surface area contributed by atoms with Crippen LogP contribution in [0.1, 0.15) is 89.2 Å². The number of quaternary nitrogens is 1. The van der Waals surface area contributed by atoms with Crippen molar-refractivity contribution in [2.24, 2.45) is 0 Å². The Labute approximate surface area is 151 Å². The maximum Gasteiger partial charge on any atom is 0.114 e. The molecule has 140 valence electrons. The predicted molar refractivity (Wildman–Crippen MR) is 106 cm³/mol. The van der Waals surface area contributed by atoms with Crippen molar-refractivity contribution in [1.29, 1.82) is 0 Å². The molecule has 1 atom stereocenters. The van der Waals surface area contributed by atoms with Crippen LogP contribution in [0, 0.1) is 0 Å². The number of hydrogen-bond acceptors (Lipinski definition) is 1. The van der Waals surface area contributed by atoms with Gasteiger partial charge in [0.1, 0.15) is 6.04 Å². The number of rotatable bonds is 13. The van der Waals surface area contributed by atoms with Gasteiger partial charge in [0.05, 0.1) is 21.1 Å². The van der Waals surface area contributed by atoms with Crippen molar-refractivity contribution >= 4 is 0 Å². The van der Waals surface area contributed by atoms with Gasteiger partial charge >= 0.3 is 0 Å². The van der Waals surface area contributed by atoms with E-state index in [1.54, 1.807) is 0 Å². The lowest BCUT2D eigenvalue weighted by Crippen LogP contribution is -2.38. The maximum absolute atomic E-state index is 2.33. The van der Waals surface area contributed by atoms with Crippen LogP contribution in [0.5, 0.6) is 0 Å². The smallest absolute Gasteiger partial charge is 0.114 e. The summed E-state index contributed by atoms with van der Waals surface area (Å²) in [6.45, 7) is 2.29. The molecule has 1 aromatic rings. The lowest BCUT2D eigenvalue weighted by atomic mass is 9.97. The Balaban J connectivity index is 0.00000529. The first-order valence-electron chi connectivity index (χ1n) is 9.91. The van der Waals surface area contributed by atoms with Crippen molar-refractivity contribution in [2.75, 3.05) is 21.1 Å². The van der Waals surface area contributed by atoms with Crippen molar-refractivity contribution in [3.05, 3.63) is 35.9 Å². The van der Waals surface area contributed by atoms with E-state index in [0.717, 1.165) is 4.48 Å². The standard InChI is InChI=1S/C22H40N.H2O/c1-5-6-7-8-9-10-11-12-13-17-20-22(23(2,3)4)21-18-15-14-16-19-21;/h14-16,18-19,22H,5-13,17,20H2,1-4H3;1H2/q+1;/p-1. The van der Waals surface area contributed by atoms with Gasteiger partial charge in [0.2, 0.25) is 0 Å². The Kier molecular flexibility index (Phi) is 13.0. The average Bonchev–Trinajstić information content (AvgIpc) is 2.52. The molecule has 2 heteroatoms. The molecule has 0 aliphatic heterocycles. The molecule has 1 N–H and O–H groups in total. The van der Waals surface area contributed by atoms with Gasteiger partial charge in [0, 0.05) is 12.0 Å². The van der Waals surface area contributed by atoms with Crippen LogP contribution < -0.4 is 0 Å². The highest BCUT2D eigenvalue weighted by molar-refractivity contribution is 5.17. The molecule has 0 aliphatic carbocycles. The molecule has 0 aromatic heterocycles. The first kappa shape index (κ1) is 23.1. The summed E-state index contributed by atoms with van der Waals surface area (Å²) in [5, 5.41) is 0. The van der Waals surface area contributed by atoms with Crippen LogP contribution in [0.3, 0.4) is 0 Å². The molecule has 0 amide bonds. The van der Waals surface area contributed by atoms with Crippen molar-refractivity contribution in [2.45, 2.75) is 83.6 Å². The topological polar surface area (TPSA) is 30.0 Å². The average molecular weight is 336 g/mol. The van der Waals surface area contributed by atoms with Gasteiger partial charge in [-0.3, -0.25) is 0 Å². The van der Waals surface area contributed by atoms with Gasteiger partial charge in [-0.2, -0.15) is 0 Å². The van der Waals surface area contributed by atoms with Crippen LogP contribution in [0.2, 0.25) is 0 Å². The van der Waals surface area contributed by atoms with E-state index >= 15 is 0 Å². The summed E-state index contributed by atoms with van der Waals surface area (Å²) in [4.78, 5) is 0. The number of benzene rings is 1. The fraction of sp³-hybridized carbons (Fsp3) is 0.727. The second-order valence-electron chi connectivity index (χ2n) is 8.01. The maximum atomic E-state index is 2.33. The third kappa shape index (κ3) is 10.1. The quantitative estimate of drug-likeness (QED) is 0.296. The fourth-order valence-corrected chi connectivity index (χ4v) is 3.50. The summed E-state index contributed by atoms with van der Waals surface area (Å²) >= 11 is 0. The normalized spacial score (nSPS) is 12.7. The minimum Gasteiger partial charge on any atom is -0.870 e. The van der Waals surface area contributed by atoms with E-state index < -0.39 is 0 Å². The monoisotopic (exact) mass is 335 g/mol. The van der Waals surface area contributed by atoms with E-state index in [9.17, 15) is 0 Å². The minimum atomic E-state index is 0. The van der Waals surface area contributed by atoms with Crippen molar-refractivity contribution < 1.29 is 9.96 Å². The van der Waals surface area contributed by atoms with Crippen molar-refractivity contribution in [3.63, 3.8) is 0 Å². The second kappa shape index (κ2) is 13.4. The van der Waals surface area contributed by atoms with Gasteiger partial charge < -0.3 is 9.96 Å². The molecule has 0 aliphatic rings. The lowest BCUT2D eigenvalue weighted by molar-refractivity contribution is -0.902. The zero-order valence-electron chi connectivity index (χ0n) is 16.6. The van der Waals surface area contributed by atoms with Crippen molar-refractivity contribution in [3.8, 4) is 0 Å². The Hall–Kier alpha value is -0.860. The van der Waals surface area contributed by atoms with Crippen LogP contribution in [0.25, 0.3) is 0 Å². The zero-order chi connectivity index (χ0) is 17.0. The van der Waals surface area contributed by atoms with E-state index in [-0.39, 0.29) is 5.48 Å². The summed E-state index contributed by atoms with van der Waals surface area (Å²) < 4.78 is 1.03. The summed E-state index contributed by atoms with van der Waals surface area (Å²) in [6.07, 6.45) is 15.5. The van der Waals surface area contributed by atoms with Crippen LogP contribution in [-0.4, -0.2) is 31.1 Å². The lowest BCUT2D eigenvalue weighted by Gasteiger charge is -2.34.